The zero-order valence-electron chi connectivity index (χ0n) is 9.06. The van der Waals surface area contributed by atoms with E-state index in [0.717, 1.165) is 24.7 Å². The van der Waals surface area contributed by atoms with Gasteiger partial charge in [0.15, 0.2) is 0 Å². The van der Waals surface area contributed by atoms with E-state index in [2.05, 4.69) is 24.3 Å². The highest BCUT2D eigenvalue weighted by Gasteiger charge is 2.33. The van der Waals surface area contributed by atoms with E-state index < -0.39 is 0 Å². The molecule has 2 fully saturated rings. The van der Waals surface area contributed by atoms with Gasteiger partial charge >= 0.3 is 0 Å². The van der Waals surface area contributed by atoms with Gasteiger partial charge in [0, 0.05) is 12.3 Å². The lowest BCUT2D eigenvalue weighted by Crippen LogP contribution is -2.02. The topological polar surface area (TPSA) is 17.1 Å². The second-order valence-corrected chi connectivity index (χ2v) is 5.38. The molecule has 0 radical (unpaired) electrons. The van der Waals surface area contributed by atoms with Crippen LogP contribution in [0.25, 0.3) is 0 Å². The predicted molar refractivity (Wildman–Crippen MR) is 60.3 cm³/mol. The van der Waals surface area contributed by atoms with Crippen molar-refractivity contribution in [1.82, 2.24) is 0 Å². The number of carbonyl (C=O) groups excluding carboxylic acids is 1. The fraction of sp³-hybridized carbons (Fsp3) is 0.643. The smallest absolute Gasteiger partial charge is 0.140 e. The minimum Gasteiger partial charge on any atom is -0.299 e. The lowest BCUT2D eigenvalue weighted by Gasteiger charge is -1.96. The summed E-state index contributed by atoms with van der Waals surface area (Å²) in [5.41, 5.74) is 0. The summed E-state index contributed by atoms with van der Waals surface area (Å²) in [6, 6.07) is 0. The van der Waals surface area contributed by atoms with E-state index in [1.807, 2.05) is 0 Å². The van der Waals surface area contributed by atoms with Crippen LogP contribution in [0.5, 0.6) is 0 Å². The van der Waals surface area contributed by atoms with Gasteiger partial charge in [-0.25, -0.2) is 0 Å². The first-order chi connectivity index (χ1) is 7.31. The van der Waals surface area contributed by atoms with Crippen LogP contribution in [0.2, 0.25) is 0 Å². The van der Waals surface area contributed by atoms with Crippen molar-refractivity contribution < 1.29 is 4.79 Å². The van der Waals surface area contributed by atoms with Gasteiger partial charge in [-0.15, -0.1) is 0 Å². The van der Waals surface area contributed by atoms with Crippen molar-refractivity contribution in [3.63, 3.8) is 0 Å². The third-order valence-corrected chi connectivity index (χ3v) is 4.22. The maximum Gasteiger partial charge on any atom is 0.140 e. The monoisotopic (exact) mass is 202 g/mol. The highest BCUT2D eigenvalue weighted by atomic mass is 16.1. The van der Waals surface area contributed by atoms with E-state index in [1.54, 1.807) is 0 Å². The average Bonchev–Trinajstić information content (AvgIpc) is 2.99. The average molecular weight is 202 g/mol. The lowest BCUT2D eigenvalue weighted by atomic mass is 10.1. The van der Waals surface area contributed by atoms with Gasteiger partial charge < -0.3 is 0 Å². The normalized spacial score (nSPS) is 43.6. The summed E-state index contributed by atoms with van der Waals surface area (Å²) in [5.74, 6) is 3.37. The van der Waals surface area contributed by atoms with Crippen molar-refractivity contribution in [3.8, 4) is 0 Å². The van der Waals surface area contributed by atoms with Crippen LogP contribution in [0, 0.1) is 23.7 Å². The zero-order valence-corrected chi connectivity index (χ0v) is 9.06. The van der Waals surface area contributed by atoms with Gasteiger partial charge in [-0.1, -0.05) is 24.3 Å². The third-order valence-electron chi connectivity index (χ3n) is 4.22. The Bertz CT molecular complexity index is 314. The molecule has 0 aliphatic heterocycles. The fourth-order valence-corrected chi connectivity index (χ4v) is 3.29. The van der Waals surface area contributed by atoms with Gasteiger partial charge in [-0.2, -0.15) is 0 Å². The molecule has 4 atom stereocenters. The van der Waals surface area contributed by atoms with E-state index in [9.17, 15) is 4.79 Å². The maximum atomic E-state index is 10.8. The van der Waals surface area contributed by atoms with Gasteiger partial charge in [-0.3, -0.25) is 4.79 Å². The van der Waals surface area contributed by atoms with Gasteiger partial charge in [0.05, 0.1) is 0 Å². The Balaban J connectivity index is 0.0000000971. The molecule has 2 saturated carbocycles. The number of allylic oxidation sites excluding steroid dienone is 4. The van der Waals surface area contributed by atoms with Crippen molar-refractivity contribution in [2.45, 2.75) is 32.1 Å². The van der Waals surface area contributed by atoms with Crippen LogP contribution in [0.15, 0.2) is 24.3 Å². The first-order valence-electron chi connectivity index (χ1n) is 6.20. The second kappa shape index (κ2) is 3.62. The van der Waals surface area contributed by atoms with Gasteiger partial charge in [0.2, 0.25) is 0 Å². The molecule has 0 spiro atoms. The lowest BCUT2D eigenvalue weighted by molar-refractivity contribution is -0.119. The molecule has 4 rings (SSSR count). The number of rotatable bonds is 0. The van der Waals surface area contributed by atoms with E-state index in [0.29, 0.717) is 17.6 Å². The molecule has 1 nitrogen and oxygen atoms in total. The second-order valence-electron chi connectivity index (χ2n) is 5.38. The number of Topliss-reactive ketones (excluding diaryl/α,β-unsaturated/α-hetero) is 1. The Morgan fingerprint density at radius 1 is 0.867 bits per heavy atom. The molecule has 4 bridgehead atoms. The molecule has 1 heteroatoms. The molecule has 0 aromatic heterocycles. The zero-order chi connectivity index (χ0) is 10.3. The Hall–Kier alpha value is -0.850. The van der Waals surface area contributed by atoms with Crippen LogP contribution >= 0.6 is 0 Å². The van der Waals surface area contributed by atoms with Crippen LogP contribution in [-0.4, -0.2) is 5.78 Å². The summed E-state index contributed by atoms with van der Waals surface area (Å²) >= 11 is 0. The minimum absolute atomic E-state index is 0.319. The molecule has 0 aromatic carbocycles. The summed E-state index contributed by atoms with van der Waals surface area (Å²) in [6.45, 7) is 0. The summed E-state index contributed by atoms with van der Waals surface area (Å²) in [7, 11) is 0. The van der Waals surface area contributed by atoms with Crippen molar-refractivity contribution >= 4 is 5.78 Å². The van der Waals surface area contributed by atoms with E-state index in [4.69, 9.17) is 0 Å². The molecular weight excluding hydrogens is 184 g/mol. The summed E-state index contributed by atoms with van der Waals surface area (Å²) < 4.78 is 0. The Morgan fingerprint density at radius 2 is 1.53 bits per heavy atom. The molecule has 4 aliphatic rings. The van der Waals surface area contributed by atoms with Gasteiger partial charge in [0.1, 0.15) is 5.78 Å². The first kappa shape index (κ1) is 9.38. The van der Waals surface area contributed by atoms with Crippen molar-refractivity contribution in [3.05, 3.63) is 24.3 Å². The maximum absolute atomic E-state index is 10.8. The fourth-order valence-electron chi connectivity index (χ4n) is 3.29. The van der Waals surface area contributed by atoms with Gasteiger partial charge in [0.25, 0.3) is 0 Å². The molecule has 80 valence electrons. The standard InChI is InChI=1S/C7H8O.C7H10/c8-7-4-5-1-2-6(7)3-5;1-2-7-4-3-6(1)5-7/h1-2,5-6H,3-4H2;1-2,6-7H,3-5H2/t5-,6+;6-,7+/m0./s1. The molecule has 0 unspecified atom stereocenters. The molecule has 0 heterocycles. The number of carbonyl (C=O) groups is 1. The number of ketones is 1. The Labute approximate surface area is 91.2 Å². The van der Waals surface area contributed by atoms with Crippen LogP contribution in [0.4, 0.5) is 0 Å². The summed E-state index contributed by atoms with van der Waals surface area (Å²) in [4.78, 5) is 10.8. The van der Waals surface area contributed by atoms with Gasteiger partial charge in [-0.05, 0) is 43.4 Å². The number of hydrogen-bond acceptors (Lipinski definition) is 1. The number of fused-ring (bicyclic) bond motifs is 4. The number of hydrogen-bond donors (Lipinski definition) is 0. The molecule has 0 N–H and O–H groups in total. The largest absolute Gasteiger partial charge is 0.299 e. The van der Waals surface area contributed by atoms with Crippen molar-refractivity contribution in [2.75, 3.05) is 0 Å². The molecule has 0 amide bonds. The minimum atomic E-state index is 0.319. The quantitative estimate of drug-likeness (QED) is 0.551. The Kier molecular flexibility index (Phi) is 2.27. The SMILES string of the molecule is C1=C[C@H]2CC[C@@H]1C2.O=C1C[C@H]2C=C[C@@H]1C2. The van der Waals surface area contributed by atoms with Crippen LogP contribution in [0.1, 0.15) is 32.1 Å². The first-order valence-corrected chi connectivity index (χ1v) is 6.20. The van der Waals surface area contributed by atoms with Crippen LogP contribution in [0.3, 0.4) is 0 Å². The van der Waals surface area contributed by atoms with Crippen LogP contribution < -0.4 is 0 Å². The molecule has 0 aromatic rings. The highest BCUT2D eigenvalue weighted by Crippen LogP contribution is 2.38. The van der Waals surface area contributed by atoms with Crippen LogP contribution in [-0.2, 0) is 4.79 Å². The highest BCUT2D eigenvalue weighted by molar-refractivity contribution is 5.86. The summed E-state index contributed by atoms with van der Waals surface area (Å²) in [5, 5.41) is 0. The van der Waals surface area contributed by atoms with E-state index in [-0.39, 0.29) is 0 Å². The molecule has 15 heavy (non-hydrogen) atoms. The Morgan fingerprint density at radius 3 is 1.73 bits per heavy atom. The van der Waals surface area contributed by atoms with E-state index in [1.165, 1.54) is 19.3 Å². The third kappa shape index (κ3) is 1.80. The molecule has 0 saturated heterocycles. The van der Waals surface area contributed by atoms with Crippen molar-refractivity contribution in [1.29, 1.82) is 0 Å². The summed E-state index contributed by atoms with van der Waals surface area (Å²) in [6.07, 6.45) is 15.3. The van der Waals surface area contributed by atoms with Crippen molar-refractivity contribution in [2.24, 2.45) is 23.7 Å². The predicted octanol–water partition coefficient (Wildman–Crippen LogP) is 3.12. The molecular formula is C14H18O. The van der Waals surface area contributed by atoms with E-state index >= 15 is 0 Å². The molecule has 4 aliphatic carbocycles.